The van der Waals surface area contributed by atoms with Crippen molar-refractivity contribution in [1.29, 1.82) is 0 Å². The van der Waals surface area contributed by atoms with Crippen LogP contribution < -0.4 is 5.32 Å². The van der Waals surface area contributed by atoms with Crippen LogP contribution >= 0.6 is 0 Å². The minimum absolute atomic E-state index is 0.234. The molecule has 0 atom stereocenters. The quantitative estimate of drug-likeness (QED) is 0.903. The molecular weight excluding hydrogens is 347 g/mol. The second-order valence-electron chi connectivity index (χ2n) is 7.04. The van der Waals surface area contributed by atoms with Crippen LogP contribution in [0.4, 0.5) is 19.0 Å². The van der Waals surface area contributed by atoms with E-state index < -0.39 is 17.8 Å². The number of nitrogens with zero attached hydrogens (tertiary/aromatic N) is 4. The molecule has 2 aromatic rings. The average molecular weight is 367 g/mol. The summed E-state index contributed by atoms with van der Waals surface area (Å²) in [4.78, 5) is 12.4. The molecule has 26 heavy (non-hydrogen) atoms. The number of anilines is 1. The smallest absolute Gasteiger partial charge is 0.309 e. The van der Waals surface area contributed by atoms with E-state index in [9.17, 15) is 18.0 Å². The predicted octanol–water partition coefficient (Wildman–Crippen LogP) is 3.03. The molecule has 1 N–H and O–H groups in total. The number of amides is 1. The maximum atomic E-state index is 13.2. The third-order valence-corrected chi connectivity index (χ3v) is 4.98. The molecule has 6 nitrogen and oxygen atoms in total. The number of carbonyl (C=O) groups is 1. The zero-order valence-electron chi connectivity index (χ0n) is 14.4. The molecule has 1 amide bonds. The van der Waals surface area contributed by atoms with Gasteiger partial charge in [0.15, 0.2) is 5.69 Å². The van der Waals surface area contributed by atoms with Crippen LogP contribution in [0.3, 0.4) is 0 Å². The average Bonchev–Trinajstić information content (AvgIpc) is 3.27. The Morgan fingerprint density at radius 2 is 2.00 bits per heavy atom. The van der Waals surface area contributed by atoms with Gasteiger partial charge in [0, 0.05) is 30.3 Å². The zero-order valence-corrected chi connectivity index (χ0v) is 14.4. The van der Waals surface area contributed by atoms with Gasteiger partial charge in [0.2, 0.25) is 5.91 Å². The Morgan fingerprint density at radius 1 is 1.27 bits per heavy atom. The molecule has 4 rings (SSSR count). The first-order valence-electron chi connectivity index (χ1n) is 8.82. The Kier molecular flexibility index (Phi) is 4.04. The van der Waals surface area contributed by atoms with Crippen LogP contribution in [0.5, 0.6) is 0 Å². The molecule has 0 unspecified atom stereocenters. The summed E-state index contributed by atoms with van der Waals surface area (Å²) in [5.74, 6) is 0.605. The maximum absolute atomic E-state index is 13.2. The van der Waals surface area contributed by atoms with Crippen LogP contribution in [0, 0.1) is 0 Å². The fourth-order valence-corrected chi connectivity index (χ4v) is 3.53. The number of hydrogen-bond donors (Lipinski definition) is 1. The monoisotopic (exact) mass is 367 g/mol. The third-order valence-electron chi connectivity index (χ3n) is 4.98. The fraction of sp³-hybridized carbons (Fsp3) is 0.588. The lowest BCUT2D eigenvalue weighted by Crippen LogP contribution is -2.23. The molecule has 2 aromatic heterocycles. The minimum Gasteiger partial charge on any atom is -0.309 e. The molecule has 0 aromatic carbocycles. The fourth-order valence-electron chi connectivity index (χ4n) is 3.53. The van der Waals surface area contributed by atoms with E-state index in [4.69, 9.17) is 0 Å². The molecule has 0 bridgehead atoms. The number of rotatable bonds is 4. The van der Waals surface area contributed by atoms with Crippen LogP contribution in [-0.4, -0.2) is 25.5 Å². The standard InChI is InChI=1S/C17H20F3N5O/c1-24-14(8-12(22-24)10-6-7-10)21-15(26)9-25-13-5-3-2-4-11(13)16(23-25)17(18,19)20/h8,10H,2-7,9H2,1H3,(H,21,26). The highest BCUT2D eigenvalue weighted by molar-refractivity contribution is 5.89. The molecule has 9 heteroatoms. The first-order valence-corrected chi connectivity index (χ1v) is 8.82. The van der Waals surface area contributed by atoms with Crippen LogP contribution in [0.1, 0.15) is 54.2 Å². The normalized spacial score (nSPS) is 17.2. The Balaban J connectivity index is 1.53. The van der Waals surface area contributed by atoms with E-state index in [1.165, 1.54) is 4.68 Å². The molecule has 2 aliphatic rings. The van der Waals surface area contributed by atoms with E-state index in [-0.39, 0.29) is 12.1 Å². The second kappa shape index (κ2) is 6.14. The van der Waals surface area contributed by atoms with E-state index in [0.717, 1.165) is 25.0 Å². The zero-order chi connectivity index (χ0) is 18.5. The van der Waals surface area contributed by atoms with Crippen LogP contribution in [0.25, 0.3) is 0 Å². The summed E-state index contributed by atoms with van der Waals surface area (Å²) < 4.78 is 42.5. The van der Waals surface area contributed by atoms with Gasteiger partial charge in [0.05, 0.1) is 5.69 Å². The Hall–Kier alpha value is -2.32. The SMILES string of the molecule is Cn1nc(C2CC2)cc1NC(=O)Cn1nc(C(F)(F)F)c2c1CCCC2. The molecule has 0 spiro atoms. The molecule has 1 fully saturated rings. The topological polar surface area (TPSA) is 64.7 Å². The molecule has 0 radical (unpaired) electrons. The molecule has 2 heterocycles. The molecule has 2 aliphatic carbocycles. The van der Waals surface area contributed by atoms with E-state index in [0.29, 0.717) is 36.7 Å². The number of fused-ring (bicyclic) bond motifs is 1. The summed E-state index contributed by atoms with van der Waals surface area (Å²) in [6.07, 6.45) is 0.108. The van der Waals surface area contributed by atoms with Crippen molar-refractivity contribution >= 4 is 11.7 Å². The highest BCUT2D eigenvalue weighted by Gasteiger charge is 2.39. The molecular formula is C17H20F3N5O. The highest BCUT2D eigenvalue weighted by Crippen LogP contribution is 2.40. The Bertz CT molecular complexity index is 847. The van der Waals surface area contributed by atoms with Gasteiger partial charge in [0.25, 0.3) is 0 Å². The lowest BCUT2D eigenvalue weighted by molar-refractivity contribution is -0.142. The Morgan fingerprint density at radius 3 is 2.69 bits per heavy atom. The molecule has 0 aliphatic heterocycles. The van der Waals surface area contributed by atoms with Crippen LogP contribution in [-0.2, 0) is 37.4 Å². The first-order chi connectivity index (χ1) is 12.3. The first kappa shape index (κ1) is 17.1. The third kappa shape index (κ3) is 3.22. The van der Waals surface area contributed by atoms with Gasteiger partial charge in [-0.1, -0.05) is 0 Å². The van der Waals surface area contributed by atoms with Crippen molar-refractivity contribution in [2.45, 2.75) is 57.2 Å². The highest BCUT2D eigenvalue weighted by atomic mass is 19.4. The molecule has 0 saturated heterocycles. The largest absolute Gasteiger partial charge is 0.435 e. The van der Waals surface area contributed by atoms with Crippen LogP contribution in [0.15, 0.2) is 6.07 Å². The minimum atomic E-state index is -4.50. The summed E-state index contributed by atoms with van der Waals surface area (Å²) in [6.45, 7) is -0.234. The van der Waals surface area contributed by atoms with Gasteiger partial charge >= 0.3 is 6.18 Å². The van der Waals surface area contributed by atoms with Crippen molar-refractivity contribution in [3.8, 4) is 0 Å². The van der Waals surface area contributed by atoms with Gasteiger partial charge < -0.3 is 5.32 Å². The number of aromatic nitrogens is 4. The number of aryl methyl sites for hydroxylation is 1. The van der Waals surface area contributed by atoms with E-state index in [1.807, 2.05) is 6.07 Å². The van der Waals surface area contributed by atoms with Crippen molar-refractivity contribution in [3.63, 3.8) is 0 Å². The predicted molar refractivity (Wildman–Crippen MR) is 87.7 cm³/mol. The summed E-state index contributed by atoms with van der Waals surface area (Å²) in [7, 11) is 1.74. The van der Waals surface area contributed by atoms with Gasteiger partial charge in [-0.25, -0.2) is 0 Å². The van der Waals surface area contributed by atoms with Crippen molar-refractivity contribution in [1.82, 2.24) is 19.6 Å². The van der Waals surface area contributed by atoms with E-state index >= 15 is 0 Å². The van der Waals surface area contributed by atoms with Gasteiger partial charge in [-0.05, 0) is 38.5 Å². The number of alkyl halides is 3. The number of hydrogen-bond acceptors (Lipinski definition) is 3. The maximum Gasteiger partial charge on any atom is 0.435 e. The number of halogens is 3. The summed E-state index contributed by atoms with van der Waals surface area (Å²) in [5.41, 5.74) is 0.866. The summed E-state index contributed by atoms with van der Waals surface area (Å²) in [6, 6.07) is 1.83. The van der Waals surface area contributed by atoms with Crippen molar-refractivity contribution in [3.05, 3.63) is 28.7 Å². The van der Waals surface area contributed by atoms with Gasteiger partial charge in [-0.15, -0.1) is 0 Å². The number of carbonyl (C=O) groups excluding carboxylic acids is 1. The van der Waals surface area contributed by atoms with Gasteiger partial charge in [0.1, 0.15) is 12.4 Å². The lowest BCUT2D eigenvalue weighted by Gasteiger charge is -2.14. The van der Waals surface area contributed by atoms with E-state index in [2.05, 4.69) is 15.5 Å². The van der Waals surface area contributed by atoms with Gasteiger partial charge in [-0.3, -0.25) is 14.2 Å². The second-order valence-corrected chi connectivity index (χ2v) is 7.04. The Labute approximate surface area is 148 Å². The van der Waals surface area contributed by atoms with Gasteiger partial charge in [-0.2, -0.15) is 23.4 Å². The van der Waals surface area contributed by atoms with E-state index in [1.54, 1.807) is 11.7 Å². The molecule has 1 saturated carbocycles. The van der Waals surface area contributed by atoms with Crippen molar-refractivity contribution in [2.75, 3.05) is 5.32 Å². The van der Waals surface area contributed by atoms with Crippen molar-refractivity contribution in [2.24, 2.45) is 7.05 Å². The van der Waals surface area contributed by atoms with Crippen LogP contribution in [0.2, 0.25) is 0 Å². The molecule has 140 valence electrons. The van der Waals surface area contributed by atoms with Crippen molar-refractivity contribution < 1.29 is 18.0 Å². The lowest BCUT2D eigenvalue weighted by atomic mass is 9.95. The summed E-state index contributed by atoms with van der Waals surface area (Å²) >= 11 is 0. The summed E-state index contributed by atoms with van der Waals surface area (Å²) in [5, 5.41) is 10.8. The number of nitrogens with one attached hydrogen (secondary N) is 1.